The monoisotopic (exact) mass is 519 g/mol. The lowest BCUT2D eigenvalue weighted by atomic mass is 9.93. The Balaban J connectivity index is 1.69. The third-order valence-electron chi connectivity index (χ3n) is 6.70. The van der Waals surface area contributed by atoms with Crippen molar-refractivity contribution in [3.05, 3.63) is 92.4 Å². The van der Waals surface area contributed by atoms with Crippen LogP contribution < -0.4 is 10.4 Å². The van der Waals surface area contributed by atoms with Gasteiger partial charge in [0.1, 0.15) is 6.17 Å². The van der Waals surface area contributed by atoms with Gasteiger partial charge in [-0.05, 0) is 23.3 Å². The Bertz CT molecular complexity index is 1440. The summed E-state index contributed by atoms with van der Waals surface area (Å²) < 4.78 is 65.5. The van der Waals surface area contributed by atoms with Gasteiger partial charge in [0.05, 0.1) is 24.2 Å². The summed E-state index contributed by atoms with van der Waals surface area (Å²) in [6, 6.07) is 4.60. The Morgan fingerprint density at radius 3 is 2.47 bits per heavy atom. The standard InChI is InChI=1S/C24H17F4N3O4S/c25-14-3-1-11-13(18(14)27)10-36-23-12(2-4-15(26)19(23)28)20(11)31-17-9-35-8-7-29(17)24(34)21-22(33)16(32)5-6-30(21)31/h1-6,17,20,33H,7-10H2/t17-,20+/m1/s1. The van der Waals surface area contributed by atoms with Crippen molar-refractivity contribution >= 4 is 17.7 Å². The molecular formula is C24H17F4N3O4S. The van der Waals surface area contributed by atoms with Gasteiger partial charge in [-0.3, -0.25) is 19.3 Å². The maximum atomic E-state index is 15.1. The van der Waals surface area contributed by atoms with Crippen LogP contribution in [0.5, 0.6) is 5.75 Å². The van der Waals surface area contributed by atoms with Crippen LogP contribution >= 0.6 is 11.8 Å². The van der Waals surface area contributed by atoms with Crippen LogP contribution in [0, 0.1) is 23.3 Å². The maximum absolute atomic E-state index is 15.1. The van der Waals surface area contributed by atoms with E-state index < -0.39 is 52.6 Å². The van der Waals surface area contributed by atoms with Gasteiger partial charge >= 0.3 is 0 Å². The molecule has 1 amide bonds. The van der Waals surface area contributed by atoms with Crippen molar-refractivity contribution in [1.82, 2.24) is 9.58 Å². The van der Waals surface area contributed by atoms with Crippen molar-refractivity contribution in [2.75, 3.05) is 24.8 Å². The molecule has 0 spiro atoms. The molecule has 0 unspecified atom stereocenters. The average Bonchev–Trinajstić information content (AvgIpc) is 3.04. The number of halogens is 4. The van der Waals surface area contributed by atoms with Gasteiger partial charge in [-0.1, -0.05) is 12.1 Å². The summed E-state index contributed by atoms with van der Waals surface area (Å²) in [7, 11) is 0. The summed E-state index contributed by atoms with van der Waals surface area (Å²) in [6.45, 7) is 0.320. The van der Waals surface area contributed by atoms with E-state index >= 15 is 8.78 Å². The predicted molar refractivity (Wildman–Crippen MR) is 120 cm³/mol. The Labute approximate surface area is 205 Å². The quantitative estimate of drug-likeness (QED) is 0.498. The number of aromatic hydroxyl groups is 1. The zero-order valence-corrected chi connectivity index (χ0v) is 19.2. The highest BCUT2D eigenvalue weighted by Gasteiger charge is 2.46. The van der Waals surface area contributed by atoms with Crippen LogP contribution in [-0.2, 0) is 10.5 Å². The van der Waals surface area contributed by atoms with Crippen LogP contribution in [-0.4, -0.2) is 46.5 Å². The summed E-state index contributed by atoms with van der Waals surface area (Å²) in [4.78, 5) is 26.8. The SMILES string of the molecule is O=C1c2c(O)c(=O)ccn2N([C@H]2c3ccc(F)c(F)c3CSc3c2ccc(F)c3F)[C@@H]2COCCN12. The number of nitrogens with zero attached hydrogens (tertiary/aromatic N) is 3. The maximum Gasteiger partial charge on any atom is 0.278 e. The molecule has 0 bridgehead atoms. The number of hydrogen-bond donors (Lipinski definition) is 1. The number of rotatable bonds is 1. The Kier molecular flexibility index (Phi) is 5.27. The number of morpholine rings is 1. The van der Waals surface area contributed by atoms with Gasteiger partial charge in [0.15, 0.2) is 34.7 Å². The number of ether oxygens (including phenoxy) is 1. The molecule has 7 nitrogen and oxygen atoms in total. The molecule has 3 aliphatic heterocycles. The van der Waals surface area contributed by atoms with E-state index in [1.807, 2.05) is 0 Å². The Hall–Kier alpha value is -3.51. The summed E-state index contributed by atoms with van der Waals surface area (Å²) >= 11 is 0.832. The third-order valence-corrected chi connectivity index (χ3v) is 7.84. The fourth-order valence-electron chi connectivity index (χ4n) is 5.05. The minimum absolute atomic E-state index is 0.000266. The van der Waals surface area contributed by atoms with Crippen LogP contribution in [0.2, 0.25) is 0 Å². The molecule has 6 rings (SSSR count). The molecule has 36 heavy (non-hydrogen) atoms. The van der Waals surface area contributed by atoms with Crippen molar-refractivity contribution < 1.29 is 32.2 Å². The van der Waals surface area contributed by atoms with E-state index in [9.17, 15) is 23.5 Å². The molecule has 1 N–H and O–H groups in total. The molecule has 1 saturated heterocycles. The highest BCUT2D eigenvalue weighted by molar-refractivity contribution is 7.98. The number of benzene rings is 2. The van der Waals surface area contributed by atoms with E-state index in [1.54, 1.807) is 5.01 Å². The first kappa shape index (κ1) is 22.9. The van der Waals surface area contributed by atoms with Crippen LogP contribution in [0.1, 0.15) is 33.2 Å². The summed E-state index contributed by atoms with van der Waals surface area (Å²) in [5.74, 6) is -6.02. The molecular weight excluding hydrogens is 502 g/mol. The molecule has 0 radical (unpaired) electrons. The van der Waals surface area contributed by atoms with Crippen molar-refractivity contribution in [3.63, 3.8) is 0 Å². The summed E-state index contributed by atoms with van der Waals surface area (Å²) in [5.41, 5.74) is -0.652. The lowest BCUT2D eigenvalue weighted by Crippen LogP contribution is -2.66. The van der Waals surface area contributed by atoms with Crippen molar-refractivity contribution in [3.8, 4) is 5.75 Å². The number of aromatic nitrogens is 1. The average molecular weight is 519 g/mol. The molecule has 0 saturated carbocycles. The zero-order chi connectivity index (χ0) is 25.3. The Morgan fingerprint density at radius 1 is 0.972 bits per heavy atom. The molecule has 2 aromatic carbocycles. The van der Waals surface area contributed by atoms with Crippen molar-refractivity contribution in [2.24, 2.45) is 0 Å². The smallest absolute Gasteiger partial charge is 0.278 e. The lowest BCUT2D eigenvalue weighted by Gasteiger charge is -2.51. The minimum Gasteiger partial charge on any atom is -0.502 e. The molecule has 0 aliphatic carbocycles. The van der Waals surface area contributed by atoms with Gasteiger partial charge in [-0.2, -0.15) is 0 Å². The fourth-order valence-corrected chi connectivity index (χ4v) is 6.20. The van der Waals surface area contributed by atoms with Crippen LogP contribution in [0.15, 0.2) is 46.2 Å². The van der Waals surface area contributed by atoms with Crippen LogP contribution in [0.3, 0.4) is 0 Å². The molecule has 1 aromatic heterocycles. The van der Waals surface area contributed by atoms with Crippen LogP contribution in [0.25, 0.3) is 0 Å². The molecule has 186 valence electrons. The van der Waals surface area contributed by atoms with E-state index in [-0.39, 0.29) is 52.8 Å². The van der Waals surface area contributed by atoms with Gasteiger partial charge in [-0.15, -0.1) is 11.8 Å². The minimum atomic E-state index is -1.14. The molecule has 3 aromatic rings. The first-order valence-electron chi connectivity index (χ1n) is 11.0. The molecule has 4 heterocycles. The number of pyridine rings is 1. The summed E-state index contributed by atoms with van der Waals surface area (Å²) in [6.07, 6.45) is 0.453. The van der Waals surface area contributed by atoms with Gasteiger partial charge in [0, 0.05) is 30.1 Å². The van der Waals surface area contributed by atoms with Gasteiger partial charge in [0.25, 0.3) is 5.91 Å². The Morgan fingerprint density at radius 2 is 1.69 bits per heavy atom. The van der Waals surface area contributed by atoms with Gasteiger partial charge in [0.2, 0.25) is 5.43 Å². The van der Waals surface area contributed by atoms with Gasteiger partial charge < -0.3 is 14.7 Å². The van der Waals surface area contributed by atoms with Crippen LogP contribution in [0.4, 0.5) is 17.6 Å². The van der Waals surface area contributed by atoms with E-state index in [0.29, 0.717) is 0 Å². The van der Waals surface area contributed by atoms with E-state index in [0.717, 1.165) is 30.0 Å². The molecule has 3 aliphatic rings. The number of thioether (sulfide) groups is 1. The van der Waals surface area contributed by atoms with Crippen molar-refractivity contribution in [1.29, 1.82) is 0 Å². The normalized spacial score (nSPS) is 20.8. The summed E-state index contributed by atoms with van der Waals surface area (Å²) in [5, 5.41) is 12.1. The zero-order valence-electron chi connectivity index (χ0n) is 18.4. The second-order valence-corrected chi connectivity index (χ2v) is 9.54. The molecule has 2 atom stereocenters. The number of amides is 1. The number of carbonyl (C=O) groups excluding carboxylic acids is 1. The predicted octanol–water partition coefficient (Wildman–Crippen LogP) is 3.26. The largest absolute Gasteiger partial charge is 0.502 e. The van der Waals surface area contributed by atoms with E-state index in [2.05, 4.69) is 0 Å². The first-order chi connectivity index (χ1) is 17.3. The first-order valence-corrected chi connectivity index (χ1v) is 12.0. The lowest BCUT2D eigenvalue weighted by molar-refractivity contribution is -0.0198. The van der Waals surface area contributed by atoms with E-state index in [1.165, 1.54) is 27.9 Å². The number of carbonyl (C=O) groups is 1. The van der Waals surface area contributed by atoms with E-state index in [4.69, 9.17) is 4.74 Å². The highest BCUT2D eigenvalue weighted by atomic mass is 32.2. The number of fused-ring (bicyclic) bond motifs is 4. The van der Waals surface area contributed by atoms with Crippen molar-refractivity contribution in [2.45, 2.75) is 22.9 Å². The molecule has 1 fully saturated rings. The molecule has 12 heteroatoms. The second-order valence-electron chi connectivity index (χ2n) is 8.56. The highest BCUT2D eigenvalue weighted by Crippen LogP contribution is 2.46. The fraction of sp³-hybridized carbons (Fsp3) is 0.250. The van der Waals surface area contributed by atoms with Gasteiger partial charge in [-0.25, -0.2) is 17.6 Å². The topological polar surface area (TPSA) is 75.0 Å². The number of hydrogen-bond acceptors (Lipinski definition) is 6. The third kappa shape index (κ3) is 3.17. The second kappa shape index (κ2) is 8.27.